The fourth-order valence-electron chi connectivity index (χ4n) is 0. The van der Waals surface area contributed by atoms with Crippen LogP contribution in [-0.4, -0.2) is 0 Å². The maximum atomic E-state index is 8.35. The summed E-state index contributed by atoms with van der Waals surface area (Å²) in [4.78, 5) is 25.0. The van der Waals surface area contributed by atoms with E-state index in [9.17, 15) is 0 Å². The zero-order chi connectivity index (χ0) is 8.12. The van der Waals surface area contributed by atoms with E-state index in [4.69, 9.17) is 28.4 Å². The molecule has 0 saturated carbocycles. The van der Waals surface area contributed by atoms with Crippen LogP contribution in [0.3, 0.4) is 0 Å². The second-order valence-corrected chi connectivity index (χ2v) is 0.671. The summed E-state index contributed by atoms with van der Waals surface area (Å²) in [5, 5.41) is 0. The van der Waals surface area contributed by atoms with Gasteiger partial charge in [0, 0.05) is 0 Å². The van der Waals surface area contributed by atoms with Crippen molar-refractivity contribution in [3.63, 3.8) is 0 Å². The summed E-state index contributed by atoms with van der Waals surface area (Å²) in [6.07, 6.45) is 0. The van der Waals surface area contributed by atoms with Gasteiger partial charge in [-0.2, -0.15) is 0 Å². The minimum absolute atomic E-state index is 0. The molecular weight excluding hydrogens is 354 g/mol. The van der Waals surface area contributed by atoms with Crippen LogP contribution >= 0.6 is 26.1 Å². The second kappa shape index (κ2) is 47.2. The van der Waals surface area contributed by atoms with Crippen LogP contribution in [0.15, 0.2) is 0 Å². The minimum Gasteiger partial charge on any atom is -0.772 e. The zero-order valence-electron chi connectivity index (χ0n) is 4.09. The molecule has 0 aliphatic rings. The molecule has 0 bridgehead atoms. The Morgan fingerprint density at radius 3 is 0.700 bits per heavy atom. The van der Waals surface area contributed by atoms with E-state index in [1.807, 2.05) is 0 Å². The van der Waals surface area contributed by atoms with Gasteiger partial charge in [-0.15, -0.1) is 0 Å². The molecule has 6 nitrogen and oxygen atoms in total. The predicted molar refractivity (Wildman–Crippen MR) is 22.8 cm³/mol. The third-order valence-corrected chi connectivity index (χ3v) is 0. The molecular formula is HoO6P3. The standard InChI is InChI=1S/Ho.3HO2P/c;3*1-3-2/h;3*(H,1,2)/q+3;;;/p-3. The fraction of sp³-hybridized carbons (Fsp3) is 0. The van der Waals surface area contributed by atoms with Crippen molar-refractivity contribution in [2.75, 3.05) is 0 Å². The van der Waals surface area contributed by atoms with Crippen LogP contribution in [0.1, 0.15) is 0 Å². The normalized spacial score (nSPS) is 6.30. The first-order valence-electron chi connectivity index (χ1n) is 1.10. The van der Waals surface area contributed by atoms with Crippen molar-refractivity contribution < 1.29 is 66.1 Å². The molecule has 0 saturated heterocycles. The van der Waals surface area contributed by atoms with E-state index in [2.05, 4.69) is 0 Å². The SMILES string of the molecule is O=P[O-].O=P[O-].O=P[O-].[Ho+3]. The van der Waals surface area contributed by atoms with Gasteiger partial charge in [0.2, 0.25) is 0 Å². The summed E-state index contributed by atoms with van der Waals surface area (Å²) in [6.45, 7) is 0. The van der Waals surface area contributed by atoms with E-state index in [-0.39, 0.29) is 37.7 Å². The summed E-state index contributed by atoms with van der Waals surface area (Å²) >= 11 is 0. The topological polar surface area (TPSA) is 120 Å². The molecule has 10 heteroatoms. The molecule has 0 fully saturated rings. The van der Waals surface area contributed by atoms with E-state index in [1.54, 1.807) is 0 Å². The summed E-state index contributed by atoms with van der Waals surface area (Å²) in [5.74, 6) is 0. The fourth-order valence-corrected chi connectivity index (χ4v) is 0. The summed E-state index contributed by atoms with van der Waals surface area (Å²) in [5.41, 5.74) is 0. The summed E-state index contributed by atoms with van der Waals surface area (Å²) < 4.78 is 25.0. The van der Waals surface area contributed by atoms with Gasteiger partial charge in [0.25, 0.3) is 0 Å². The first-order valence-corrected chi connectivity index (χ1v) is 3.29. The molecule has 0 aliphatic heterocycles. The van der Waals surface area contributed by atoms with Crippen LogP contribution in [0.25, 0.3) is 0 Å². The Balaban J connectivity index is -0.0000000257. The number of hydrogen-bond donors (Lipinski definition) is 0. The van der Waals surface area contributed by atoms with Crippen molar-refractivity contribution in [2.45, 2.75) is 0 Å². The molecule has 0 N–H and O–H groups in total. The van der Waals surface area contributed by atoms with Crippen LogP contribution in [0, 0.1) is 37.7 Å². The Kier molecular flexibility index (Phi) is 106. The van der Waals surface area contributed by atoms with Gasteiger partial charge in [-0.1, -0.05) is 0 Å². The van der Waals surface area contributed by atoms with Gasteiger partial charge in [0.05, 0.1) is 26.1 Å². The van der Waals surface area contributed by atoms with Gasteiger partial charge >= 0.3 is 37.7 Å². The number of rotatable bonds is 0. The molecule has 62 valence electrons. The van der Waals surface area contributed by atoms with Crippen LogP contribution in [0.2, 0.25) is 0 Å². The molecule has 0 aliphatic carbocycles. The van der Waals surface area contributed by atoms with E-state index >= 15 is 0 Å². The molecule has 0 rings (SSSR count). The average Bonchev–Trinajstić information content (AvgIpc) is 1.70. The van der Waals surface area contributed by atoms with Gasteiger partial charge in [-0.25, -0.2) is 0 Å². The molecule has 0 unspecified atom stereocenters. The van der Waals surface area contributed by atoms with Gasteiger partial charge in [0.15, 0.2) is 0 Å². The van der Waals surface area contributed by atoms with Crippen LogP contribution in [0.4, 0.5) is 0 Å². The summed E-state index contributed by atoms with van der Waals surface area (Å²) in [6, 6.07) is 0. The molecule has 0 aromatic rings. The van der Waals surface area contributed by atoms with E-state index in [0.29, 0.717) is 0 Å². The van der Waals surface area contributed by atoms with Gasteiger partial charge in [-0.05, 0) is 0 Å². The van der Waals surface area contributed by atoms with Crippen molar-refractivity contribution in [3.8, 4) is 0 Å². The van der Waals surface area contributed by atoms with Gasteiger partial charge in [-0.3, -0.25) is 13.7 Å². The molecule has 0 amide bonds. The molecule has 0 aromatic heterocycles. The Labute approximate surface area is 91.5 Å². The van der Waals surface area contributed by atoms with Crippen molar-refractivity contribution in [3.05, 3.63) is 0 Å². The van der Waals surface area contributed by atoms with Crippen LogP contribution in [0.5, 0.6) is 0 Å². The van der Waals surface area contributed by atoms with Crippen molar-refractivity contribution in [2.24, 2.45) is 0 Å². The van der Waals surface area contributed by atoms with Crippen molar-refractivity contribution in [1.82, 2.24) is 0 Å². The molecule has 0 aromatic carbocycles. The Hall–Kier alpha value is 1.44. The third kappa shape index (κ3) is 324. The largest absolute Gasteiger partial charge is 3.00 e. The number of hydrogen-bond acceptors (Lipinski definition) is 6. The van der Waals surface area contributed by atoms with E-state index in [0.717, 1.165) is 0 Å². The summed E-state index contributed by atoms with van der Waals surface area (Å²) in [7, 11) is -3.25. The predicted octanol–water partition coefficient (Wildman–Crippen LogP) is -1.34. The van der Waals surface area contributed by atoms with E-state index < -0.39 is 26.1 Å². The molecule has 0 spiro atoms. The average molecular weight is 354 g/mol. The smallest absolute Gasteiger partial charge is 0.772 e. The first-order chi connectivity index (χ1) is 4.24. The molecule has 10 heavy (non-hydrogen) atoms. The van der Waals surface area contributed by atoms with Gasteiger partial charge < -0.3 is 14.7 Å². The maximum absolute atomic E-state index is 8.35. The first kappa shape index (κ1) is 22.5. The monoisotopic (exact) mass is 354 g/mol. The Morgan fingerprint density at radius 1 is 0.700 bits per heavy atom. The van der Waals surface area contributed by atoms with Crippen molar-refractivity contribution in [1.29, 1.82) is 0 Å². The molecule has 0 heterocycles. The third-order valence-electron chi connectivity index (χ3n) is 0. The zero-order valence-corrected chi connectivity index (χ0v) is 8.71. The maximum Gasteiger partial charge on any atom is 3.00 e. The Morgan fingerprint density at radius 2 is 0.700 bits per heavy atom. The van der Waals surface area contributed by atoms with Crippen molar-refractivity contribution >= 4 is 26.1 Å². The van der Waals surface area contributed by atoms with Crippen LogP contribution in [-0.2, 0) is 13.7 Å². The second-order valence-electron chi connectivity index (χ2n) is 0.224. The minimum atomic E-state index is -1.08. The quantitative estimate of drug-likeness (QED) is 0.392. The Bertz CT molecular complexity index is 49.7. The van der Waals surface area contributed by atoms with E-state index in [1.165, 1.54) is 0 Å². The molecule has 0 radical (unpaired) electrons. The van der Waals surface area contributed by atoms with Crippen LogP contribution < -0.4 is 14.7 Å². The molecule has 0 atom stereocenters. The van der Waals surface area contributed by atoms with Gasteiger partial charge in [0.1, 0.15) is 0 Å².